The van der Waals surface area contributed by atoms with Crippen LogP contribution in [0.25, 0.3) is 0 Å². The van der Waals surface area contributed by atoms with Crippen molar-refractivity contribution in [2.75, 3.05) is 0 Å². The van der Waals surface area contributed by atoms with E-state index < -0.39 is 0 Å². The average Bonchev–Trinajstić information content (AvgIpc) is 2.24. The van der Waals surface area contributed by atoms with Crippen LogP contribution < -0.4 is 10.6 Å². The smallest absolute Gasteiger partial charge is 0.315 e. The maximum Gasteiger partial charge on any atom is 0.315 e. The van der Waals surface area contributed by atoms with Crippen LogP contribution in [-0.2, 0) is 13.2 Å². The number of benzene rings is 1. The minimum Gasteiger partial charge on any atom is -0.392 e. The fraction of sp³-hybridized carbons (Fsp3) is 0.462. The van der Waals surface area contributed by atoms with Gasteiger partial charge in [-0.3, -0.25) is 0 Å². The van der Waals surface area contributed by atoms with E-state index in [0.717, 1.165) is 11.1 Å². The van der Waals surface area contributed by atoms with Crippen LogP contribution >= 0.6 is 0 Å². The number of amides is 2. The molecule has 0 bridgehead atoms. The highest BCUT2D eigenvalue weighted by atomic mass is 16.3. The van der Waals surface area contributed by atoms with E-state index in [2.05, 4.69) is 10.6 Å². The quantitative estimate of drug-likeness (QED) is 0.749. The summed E-state index contributed by atoms with van der Waals surface area (Å²) in [5.74, 6) is 0. The molecule has 0 saturated carbocycles. The molecule has 0 saturated heterocycles. The molecule has 1 aromatic carbocycles. The summed E-state index contributed by atoms with van der Waals surface area (Å²) in [5, 5.41) is 14.7. The predicted molar refractivity (Wildman–Crippen MR) is 67.5 cm³/mol. The third-order valence-electron chi connectivity index (χ3n) is 2.22. The van der Waals surface area contributed by atoms with Crippen molar-refractivity contribution in [3.05, 3.63) is 35.4 Å². The lowest BCUT2D eigenvalue weighted by Crippen LogP contribution is -2.46. The SMILES string of the molecule is CC(C)(C)NC(=O)NCc1ccccc1CO. The molecule has 0 radical (unpaired) electrons. The monoisotopic (exact) mass is 236 g/mol. The van der Waals surface area contributed by atoms with Gasteiger partial charge < -0.3 is 15.7 Å². The van der Waals surface area contributed by atoms with Crippen LogP contribution in [0.3, 0.4) is 0 Å². The zero-order valence-electron chi connectivity index (χ0n) is 10.6. The average molecular weight is 236 g/mol. The van der Waals surface area contributed by atoms with Crippen molar-refractivity contribution in [2.24, 2.45) is 0 Å². The molecule has 4 nitrogen and oxygen atoms in total. The van der Waals surface area contributed by atoms with Crippen molar-refractivity contribution in [3.8, 4) is 0 Å². The topological polar surface area (TPSA) is 61.4 Å². The Kier molecular flexibility index (Phi) is 4.52. The van der Waals surface area contributed by atoms with E-state index in [0.29, 0.717) is 6.54 Å². The van der Waals surface area contributed by atoms with Gasteiger partial charge in [-0.1, -0.05) is 24.3 Å². The molecular weight excluding hydrogens is 216 g/mol. The Morgan fingerprint density at radius 1 is 1.24 bits per heavy atom. The molecule has 2 amide bonds. The summed E-state index contributed by atoms with van der Waals surface area (Å²) in [6.45, 7) is 6.17. The summed E-state index contributed by atoms with van der Waals surface area (Å²) in [7, 11) is 0. The predicted octanol–water partition coefficient (Wildman–Crippen LogP) is 1.78. The molecule has 0 unspecified atom stereocenters. The summed E-state index contributed by atoms with van der Waals surface area (Å²) in [5.41, 5.74) is 1.52. The number of urea groups is 1. The standard InChI is InChI=1S/C13H20N2O2/c1-13(2,3)15-12(17)14-8-10-6-4-5-7-11(10)9-16/h4-7,16H,8-9H2,1-3H3,(H2,14,15,17). The van der Waals surface area contributed by atoms with Gasteiger partial charge in [-0.2, -0.15) is 0 Å². The normalized spacial score (nSPS) is 11.1. The zero-order valence-corrected chi connectivity index (χ0v) is 10.6. The summed E-state index contributed by atoms with van der Waals surface area (Å²) < 4.78 is 0. The molecule has 0 aliphatic carbocycles. The first-order chi connectivity index (χ1) is 7.92. The van der Waals surface area contributed by atoms with E-state index in [1.807, 2.05) is 45.0 Å². The van der Waals surface area contributed by atoms with Crippen molar-refractivity contribution in [2.45, 2.75) is 39.5 Å². The van der Waals surface area contributed by atoms with Crippen LogP contribution in [0.1, 0.15) is 31.9 Å². The first-order valence-electron chi connectivity index (χ1n) is 5.66. The van der Waals surface area contributed by atoms with Gasteiger partial charge in [0.25, 0.3) is 0 Å². The second-order valence-corrected chi connectivity index (χ2v) is 4.98. The maximum absolute atomic E-state index is 11.5. The highest BCUT2D eigenvalue weighted by Crippen LogP contribution is 2.08. The number of hydrogen-bond acceptors (Lipinski definition) is 2. The van der Waals surface area contributed by atoms with Crippen LogP contribution in [-0.4, -0.2) is 16.7 Å². The number of carbonyl (C=O) groups is 1. The molecule has 0 aliphatic rings. The zero-order chi connectivity index (χ0) is 12.9. The highest BCUT2D eigenvalue weighted by Gasteiger charge is 2.13. The Bertz CT molecular complexity index is 383. The molecule has 0 fully saturated rings. The third kappa shape index (κ3) is 4.87. The van der Waals surface area contributed by atoms with Crippen LogP contribution in [0, 0.1) is 0 Å². The first kappa shape index (κ1) is 13.5. The van der Waals surface area contributed by atoms with Gasteiger partial charge in [0.1, 0.15) is 0 Å². The Morgan fingerprint density at radius 3 is 2.35 bits per heavy atom. The van der Waals surface area contributed by atoms with E-state index in [-0.39, 0.29) is 18.2 Å². The molecule has 4 heteroatoms. The van der Waals surface area contributed by atoms with Crippen molar-refractivity contribution < 1.29 is 9.90 Å². The second-order valence-electron chi connectivity index (χ2n) is 4.98. The van der Waals surface area contributed by atoms with Gasteiger partial charge in [-0.15, -0.1) is 0 Å². The molecule has 0 atom stereocenters. The van der Waals surface area contributed by atoms with Gasteiger partial charge in [0.2, 0.25) is 0 Å². The van der Waals surface area contributed by atoms with Crippen LogP contribution in [0.15, 0.2) is 24.3 Å². The molecule has 1 aromatic rings. The number of hydrogen-bond donors (Lipinski definition) is 3. The molecule has 0 aromatic heterocycles. The summed E-state index contributed by atoms with van der Waals surface area (Å²) in [6.07, 6.45) is 0. The van der Waals surface area contributed by atoms with Gasteiger partial charge in [-0.05, 0) is 31.9 Å². The summed E-state index contributed by atoms with van der Waals surface area (Å²) >= 11 is 0. The lowest BCUT2D eigenvalue weighted by atomic mass is 10.1. The van der Waals surface area contributed by atoms with Crippen LogP contribution in [0.5, 0.6) is 0 Å². The minimum atomic E-state index is -0.249. The van der Waals surface area contributed by atoms with Gasteiger partial charge in [0.05, 0.1) is 6.61 Å². The maximum atomic E-state index is 11.5. The molecule has 0 aliphatic heterocycles. The van der Waals surface area contributed by atoms with E-state index in [1.54, 1.807) is 0 Å². The van der Waals surface area contributed by atoms with E-state index in [9.17, 15) is 4.79 Å². The fourth-order valence-corrected chi connectivity index (χ4v) is 1.44. The fourth-order valence-electron chi connectivity index (χ4n) is 1.44. The number of nitrogens with one attached hydrogen (secondary N) is 2. The third-order valence-corrected chi connectivity index (χ3v) is 2.22. The van der Waals surface area contributed by atoms with E-state index >= 15 is 0 Å². The van der Waals surface area contributed by atoms with Crippen molar-refractivity contribution in [3.63, 3.8) is 0 Å². The Balaban J connectivity index is 2.53. The molecule has 3 N–H and O–H groups in total. The number of aliphatic hydroxyl groups is 1. The second kappa shape index (κ2) is 5.68. The highest BCUT2D eigenvalue weighted by molar-refractivity contribution is 5.74. The van der Waals surface area contributed by atoms with Crippen molar-refractivity contribution in [1.82, 2.24) is 10.6 Å². The molecule has 0 heterocycles. The van der Waals surface area contributed by atoms with Gasteiger partial charge in [0.15, 0.2) is 0 Å². The Hall–Kier alpha value is -1.55. The molecule has 1 rings (SSSR count). The number of rotatable bonds is 3. The van der Waals surface area contributed by atoms with E-state index in [4.69, 9.17) is 5.11 Å². The van der Waals surface area contributed by atoms with Gasteiger partial charge in [0, 0.05) is 12.1 Å². The number of aliphatic hydroxyl groups excluding tert-OH is 1. The van der Waals surface area contributed by atoms with Gasteiger partial charge >= 0.3 is 6.03 Å². The first-order valence-corrected chi connectivity index (χ1v) is 5.66. The molecular formula is C13H20N2O2. The van der Waals surface area contributed by atoms with Crippen LogP contribution in [0.4, 0.5) is 4.79 Å². The van der Waals surface area contributed by atoms with E-state index in [1.165, 1.54) is 0 Å². The summed E-state index contributed by atoms with van der Waals surface area (Å²) in [4.78, 5) is 11.5. The largest absolute Gasteiger partial charge is 0.392 e. The van der Waals surface area contributed by atoms with Crippen LogP contribution in [0.2, 0.25) is 0 Å². The number of carbonyl (C=O) groups excluding carboxylic acids is 1. The molecule has 0 spiro atoms. The van der Waals surface area contributed by atoms with Gasteiger partial charge in [-0.25, -0.2) is 4.79 Å². The lowest BCUT2D eigenvalue weighted by Gasteiger charge is -2.21. The molecule has 17 heavy (non-hydrogen) atoms. The van der Waals surface area contributed by atoms with Crippen molar-refractivity contribution in [1.29, 1.82) is 0 Å². The minimum absolute atomic E-state index is 0.0151. The Morgan fingerprint density at radius 2 is 1.82 bits per heavy atom. The van der Waals surface area contributed by atoms with Crippen molar-refractivity contribution >= 4 is 6.03 Å². The lowest BCUT2D eigenvalue weighted by molar-refractivity contribution is 0.231. The summed E-state index contributed by atoms with van der Waals surface area (Å²) in [6, 6.07) is 7.29. The Labute approximate surface area is 102 Å². The molecule has 94 valence electrons.